The second kappa shape index (κ2) is 3.49. The molecular weight excluding hydrogens is 184 g/mol. The summed E-state index contributed by atoms with van der Waals surface area (Å²) >= 11 is 0. The van der Waals surface area contributed by atoms with E-state index in [1.807, 2.05) is 0 Å². The highest BCUT2D eigenvalue weighted by atomic mass is 16.4. The minimum atomic E-state index is -1.56. The summed E-state index contributed by atoms with van der Waals surface area (Å²) in [6.07, 6.45) is 0. The molecular formula is C10H10O4. The van der Waals surface area contributed by atoms with Gasteiger partial charge in [-0.15, -0.1) is 0 Å². The van der Waals surface area contributed by atoms with Crippen molar-refractivity contribution in [2.45, 2.75) is 13.8 Å². The van der Waals surface area contributed by atoms with E-state index in [0.717, 1.165) is 5.56 Å². The first-order valence-electron chi connectivity index (χ1n) is 4.01. The zero-order chi connectivity index (χ0) is 10.9. The van der Waals surface area contributed by atoms with Crippen LogP contribution in [0.15, 0.2) is 12.1 Å². The van der Waals surface area contributed by atoms with Crippen molar-refractivity contribution in [3.05, 3.63) is 28.8 Å². The Kier molecular flexibility index (Phi) is 2.56. The molecule has 1 aromatic rings. The standard InChI is InChI=1S/C10H10O4/c1-5-3-6(2)8(11)7(4-5)9(12)10(13)14/h3-4,11H,1-2H3,(H,13,14). The third-order valence-electron chi connectivity index (χ3n) is 1.88. The lowest BCUT2D eigenvalue weighted by atomic mass is 10.0. The van der Waals surface area contributed by atoms with E-state index >= 15 is 0 Å². The van der Waals surface area contributed by atoms with Crippen molar-refractivity contribution in [1.82, 2.24) is 0 Å². The first-order valence-corrected chi connectivity index (χ1v) is 4.01. The number of carboxylic acid groups (broad SMARTS) is 1. The fourth-order valence-corrected chi connectivity index (χ4v) is 1.25. The Hall–Kier alpha value is -1.84. The Morgan fingerprint density at radius 3 is 2.29 bits per heavy atom. The number of benzene rings is 1. The lowest BCUT2D eigenvalue weighted by Gasteiger charge is -2.05. The Morgan fingerprint density at radius 2 is 1.79 bits per heavy atom. The highest BCUT2D eigenvalue weighted by molar-refractivity contribution is 6.40. The van der Waals surface area contributed by atoms with Gasteiger partial charge in [0.15, 0.2) is 0 Å². The Morgan fingerprint density at radius 1 is 1.21 bits per heavy atom. The second-order valence-electron chi connectivity index (χ2n) is 3.11. The summed E-state index contributed by atoms with van der Waals surface area (Å²) in [6.45, 7) is 3.34. The molecule has 1 rings (SSSR count). The number of aliphatic carboxylic acids is 1. The SMILES string of the molecule is Cc1cc(C)c(O)c(C(=O)C(=O)O)c1. The number of aromatic hydroxyl groups is 1. The molecule has 4 heteroatoms. The Balaban J connectivity index is 3.34. The third-order valence-corrected chi connectivity index (χ3v) is 1.88. The predicted octanol–water partition coefficient (Wildman–Crippen LogP) is 1.28. The number of rotatable bonds is 2. The average Bonchev–Trinajstić information content (AvgIpc) is 2.09. The number of phenolic OH excluding ortho intramolecular Hbond substituents is 1. The average molecular weight is 194 g/mol. The van der Waals surface area contributed by atoms with Crippen molar-refractivity contribution in [1.29, 1.82) is 0 Å². The molecule has 0 bridgehead atoms. The van der Waals surface area contributed by atoms with Crippen molar-refractivity contribution in [2.75, 3.05) is 0 Å². The van der Waals surface area contributed by atoms with Gasteiger partial charge in [0, 0.05) is 0 Å². The summed E-state index contributed by atoms with van der Waals surface area (Å²) in [7, 11) is 0. The topological polar surface area (TPSA) is 74.6 Å². The normalized spacial score (nSPS) is 9.86. The van der Waals surface area contributed by atoms with Crippen LogP contribution in [0.1, 0.15) is 21.5 Å². The number of ketones is 1. The van der Waals surface area contributed by atoms with Crippen LogP contribution < -0.4 is 0 Å². The molecule has 0 saturated carbocycles. The van der Waals surface area contributed by atoms with Gasteiger partial charge in [0.05, 0.1) is 5.56 Å². The van der Waals surface area contributed by atoms with Crippen molar-refractivity contribution < 1.29 is 19.8 Å². The van der Waals surface area contributed by atoms with Crippen LogP contribution in [0.25, 0.3) is 0 Å². The van der Waals surface area contributed by atoms with Crippen LogP contribution in [-0.2, 0) is 4.79 Å². The van der Waals surface area contributed by atoms with Gasteiger partial charge in [-0.25, -0.2) is 4.79 Å². The number of hydrogen-bond donors (Lipinski definition) is 2. The number of phenols is 1. The zero-order valence-corrected chi connectivity index (χ0v) is 7.87. The molecule has 0 aromatic heterocycles. The molecule has 14 heavy (non-hydrogen) atoms. The summed E-state index contributed by atoms with van der Waals surface area (Å²) < 4.78 is 0. The van der Waals surface area contributed by atoms with E-state index in [1.54, 1.807) is 19.9 Å². The third kappa shape index (κ3) is 1.74. The molecule has 0 unspecified atom stereocenters. The number of hydrogen-bond acceptors (Lipinski definition) is 3. The van der Waals surface area contributed by atoms with Gasteiger partial charge in [-0.1, -0.05) is 6.07 Å². The minimum Gasteiger partial charge on any atom is -0.507 e. The van der Waals surface area contributed by atoms with Gasteiger partial charge in [-0.05, 0) is 31.0 Å². The molecule has 2 N–H and O–H groups in total. The van der Waals surface area contributed by atoms with Gasteiger partial charge >= 0.3 is 5.97 Å². The Bertz CT molecular complexity index is 407. The van der Waals surface area contributed by atoms with Crippen LogP contribution in [0.3, 0.4) is 0 Å². The largest absolute Gasteiger partial charge is 0.507 e. The Labute approximate surface area is 80.8 Å². The van der Waals surface area contributed by atoms with Crippen molar-refractivity contribution in [3.8, 4) is 5.75 Å². The molecule has 0 aliphatic carbocycles. The van der Waals surface area contributed by atoms with Gasteiger partial charge in [-0.2, -0.15) is 0 Å². The van der Waals surface area contributed by atoms with Crippen LogP contribution in [0.2, 0.25) is 0 Å². The van der Waals surface area contributed by atoms with Crippen LogP contribution in [0, 0.1) is 13.8 Å². The second-order valence-corrected chi connectivity index (χ2v) is 3.11. The highest BCUT2D eigenvalue weighted by Gasteiger charge is 2.19. The van der Waals surface area contributed by atoms with E-state index in [4.69, 9.17) is 5.11 Å². The number of carbonyl (C=O) groups excluding carboxylic acids is 1. The van der Waals surface area contributed by atoms with E-state index < -0.39 is 11.8 Å². The molecule has 0 saturated heterocycles. The van der Waals surface area contributed by atoms with Crippen LogP contribution in [0.5, 0.6) is 5.75 Å². The van der Waals surface area contributed by atoms with E-state index in [2.05, 4.69) is 0 Å². The molecule has 0 fully saturated rings. The maximum atomic E-state index is 11.1. The van der Waals surface area contributed by atoms with E-state index in [0.29, 0.717) is 5.56 Å². The van der Waals surface area contributed by atoms with Crippen molar-refractivity contribution >= 4 is 11.8 Å². The smallest absolute Gasteiger partial charge is 0.377 e. The monoisotopic (exact) mass is 194 g/mol. The fourth-order valence-electron chi connectivity index (χ4n) is 1.25. The minimum absolute atomic E-state index is 0.157. The number of Topliss-reactive ketones (excluding diaryl/α,β-unsaturated/α-hetero) is 1. The van der Waals surface area contributed by atoms with E-state index in [9.17, 15) is 14.7 Å². The number of aryl methyl sites for hydroxylation is 2. The summed E-state index contributed by atoms with van der Waals surface area (Å²) in [5.41, 5.74) is 1.08. The van der Waals surface area contributed by atoms with Gasteiger partial charge in [0.25, 0.3) is 5.78 Å². The predicted molar refractivity (Wildman–Crippen MR) is 49.5 cm³/mol. The summed E-state index contributed by atoms with van der Waals surface area (Å²) in [5, 5.41) is 17.9. The van der Waals surface area contributed by atoms with Crippen LogP contribution in [-0.4, -0.2) is 22.0 Å². The molecule has 74 valence electrons. The highest BCUT2D eigenvalue weighted by Crippen LogP contribution is 2.23. The van der Waals surface area contributed by atoms with Crippen LogP contribution >= 0.6 is 0 Å². The maximum Gasteiger partial charge on any atom is 0.377 e. The molecule has 0 heterocycles. The van der Waals surface area contributed by atoms with E-state index in [-0.39, 0.29) is 11.3 Å². The van der Waals surface area contributed by atoms with Gasteiger partial charge in [-0.3, -0.25) is 4.79 Å². The molecule has 1 aromatic carbocycles. The number of carboxylic acids is 1. The van der Waals surface area contributed by atoms with Gasteiger partial charge < -0.3 is 10.2 Å². The van der Waals surface area contributed by atoms with E-state index in [1.165, 1.54) is 6.07 Å². The number of carbonyl (C=O) groups is 2. The zero-order valence-electron chi connectivity index (χ0n) is 7.87. The fraction of sp³-hybridized carbons (Fsp3) is 0.200. The molecule has 4 nitrogen and oxygen atoms in total. The molecule has 0 amide bonds. The molecule has 0 atom stereocenters. The quantitative estimate of drug-likeness (QED) is 0.549. The lowest BCUT2D eigenvalue weighted by Crippen LogP contribution is -2.13. The summed E-state index contributed by atoms with van der Waals surface area (Å²) in [6, 6.07) is 3.03. The molecule has 0 radical (unpaired) electrons. The van der Waals surface area contributed by atoms with Crippen molar-refractivity contribution in [2.24, 2.45) is 0 Å². The van der Waals surface area contributed by atoms with Crippen molar-refractivity contribution in [3.63, 3.8) is 0 Å². The van der Waals surface area contributed by atoms with Gasteiger partial charge in [0.1, 0.15) is 5.75 Å². The summed E-state index contributed by atoms with van der Waals surface area (Å²) in [5.74, 6) is -2.91. The maximum absolute atomic E-state index is 11.1. The lowest BCUT2D eigenvalue weighted by molar-refractivity contribution is -0.131. The first kappa shape index (κ1) is 10.2. The summed E-state index contributed by atoms with van der Waals surface area (Å²) in [4.78, 5) is 21.5. The first-order chi connectivity index (χ1) is 6.43. The molecule has 0 spiro atoms. The molecule has 0 aliphatic rings. The van der Waals surface area contributed by atoms with Gasteiger partial charge in [0.2, 0.25) is 0 Å². The molecule has 0 aliphatic heterocycles. The van der Waals surface area contributed by atoms with Crippen LogP contribution in [0.4, 0.5) is 0 Å².